The highest BCUT2D eigenvalue weighted by Gasteiger charge is 2.23. The van der Waals surface area contributed by atoms with Crippen molar-refractivity contribution in [3.63, 3.8) is 0 Å². The summed E-state index contributed by atoms with van der Waals surface area (Å²) in [6, 6.07) is 10.8. The summed E-state index contributed by atoms with van der Waals surface area (Å²) in [6.45, 7) is 12.3. The molecule has 0 fully saturated rings. The molecule has 0 aliphatic heterocycles. The molecule has 0 aliphatic rings. The van der Waals surface area contributed by atoms with E-state index in [0.29, 0.717) is 6.04 Å². The molecule has 1 aromatic carbocycles. The molecule has 0 heterocycles. The van der Waals surface area contributed by atoms with Gasteiger partial charge in [0.25, 0.3) is 0 Å². The van der Waals surface area contributed by atoms with Crippen molar-refractivity contribution in [2.24, 2.45) is 0 Å². The highest BCUT2D eigenvalue weighted by atomic mass is 16.5. The van der Waals surface area contributed by atoms with Crippen LogP contribution >= 0.6 is 0 Å². The summed E-state index contributed by atoms with van der Waals surface area (Å²) in [5.41, 5.74) is 2.52. The van der Waals surface area contributed by atoms with Gasteiger partial charge in [-0.05, 0) is 38.3 Å². The van der Waals surface area contributed by atoms with Crippen molar-refractivity contribution in [1.29, 1.82) is 0 Å². The molecule has 1 N–H and O–H groups in total. The van der Waals surface area contributed by atoms with Crippen LogP contribution in [0.25, 0.3) is 0 Å². The van der Waals surface area contributed by atoms with Gasteiger partial charge >= 0.3 is 0 Å². The van der Waals surface area contributed by atoms with Crippen LogP contribution in [0.1, 0.15) is 51.7 Å². The lowest BCUT2D eigenvalue weighted by molar-refractivity contribution is 0.0331. The molecule has 2 heteroatoms. The van der Waals surface area contributed by atoms with Gasteiger partial charge in [0.05, 0.1) is 6.10 Å². The Kier molecular flexibility index (Phi) is 8.24. The van der Waals surface area contributed by atoms with E-state index in [2.05, 4.69) is 56.9 Å². The molecule has 2 atom stereocenters. The molecule has 2 nitrogen and oxygen atoms in total. The molecule has 1 aromatic rings. The van der Waals surface area contributed by atoms with Crippen LogP contribution in [0, 0.1) is 0 Å². The van der Waals surface area contributed by atoms with Gasteiger partial charge in [0, 0.05) is 12.6 Å². The molecular formula is C18H29NO. The van der Waals surface area contributed by atoms with E-state index in [9.17, 15) is 0 Å². The lowest BCUT2D eigenvalue weighted by Crippen LogP contribution is -2.37. The molecule has 20 heavy (non-hydrogen) atoms. The number of rotatable bonds is 10. The summed E-state index contributed by atoms with van der Waals surface area (Å²) in [6.07, 6.45) is 3.22. The molecule has 1 rings (SSSR count). The topological polar surface area (TPSA) is 21.3 Å². The quantitative estimate of drug-likeness (QED) is 0.635. The molecule has 2 unspecified atom stereocenters. The summed E-state index contributed by atoms with van der Waals surface area (Å²) < 4.78 is 6.03. The van der Waals surface area contributed by atoms with Gasteiger partial charge in [-0.3, -0.25) is 0 Å². The van der Waals surface area contributed by atoms with Crippen LogP contribution < -0.4 is 5.32 Å². The second-order valence-corrected chi connectivity index (χ2v) is 5.15. The first kappa shape index (κ1) is 16.9. The van der Waals surface area contributed by atoms with Crippen LogP contribution in [0.2, 0.25) is 0 Å². The van der Waals surface area contributed by atoms with Gasteiger partial charge < -0.3 is 10.1 Å². The molecule has 112 valence electrons. The maximum Gasteiger partial charge on any atom is 0.0980 e. The molecule has 0 aliphatic carbocycles. The Morgan fingerprint density at radius 3 is 2.45 bits per heavy atom. The summed E-state index contributed by atoms with van der Waals surface area (Å²) in [7, 11) is 0. The lowest BCUT2D eigenvalue weighted by atomic mass is 9.95. The van der Waals surface area contributed by atoms with Gasteiger partial charge in [-0.15, -0.1) is 0 Å². The Morgan fingerprint density at radius 2 is 1.90 bits per heavy atom. The summed E-state index contributed by atoms with van der Waals surface area (Å²) >= 11 is 0. The maximum absolute atomic E-state index is 6.03. The van der Waals surface area contributed by atoms with Gasteiger partial charge in [-0.1, -0.05) is 56.3 Å². The zero-order valence-corrected chi connectivity index (χ0v) is 13.2. The Hall–Kier alpha value is -1.12. The third-order valence-corrected chi connectivity index (χ3v) is 3.50. The molecule has 0 spiro atoms. The Balaban J connectivity index is 2.88. The zero-order valence-electron chi connectivity index (χ0n) is 13.2. The van der Waals surface area contributed by atoms with Crippen molar-refractivity contribution >= 4 is 0 Å². The predicted molar refractivity (Wildman–Crippen MR) is 86.9 cm³/mol. The largest absolute Gasteiger partial charge is 0.372 e. The van der Waals surface area contributed by atoms with Crippen molar-refractivity contribution in [3.8, 4) is 0 Å². The fourth-order valence-electron chi connectivity index (χ4n) is 2.34. The van der Waals surface area contributed by atoms with Gasteiger partial charge in [0.1, 0.15) is 0 Å². The van der Waals surface area contributed by atoms with E-state index in [1.165, 1.54) is 11.1 Å². The molecule has 0 radical (unpaired) electrons. The van der Waals surface area contributed by atoms with E-state index in [4.69, 9.17) is 4.74 Å². The normalized spacial score (nSPS) is 13.9. The third kappa shape index (κ3) is 5.48. The van der Waals surface area contributed by atoms with Gasteiger partial charge in [-0.25, -0.2) is 0 Å². The van der Waals surface area contributed by atoms with Crippen LogP contribution in [0.15, 0.2) is 42.5 Å². The Labute approximate surface area is 124 Å². The van der Waals surface area contributed by atoms with E-state index >= 15 is 0 Å². The molecule has 0 saturated carbocycles. The second-order valence-electron chi connectivity index (χ2n) is 5.15. The summed E-state index contributed by atoms with van der Waals surface area (Å²) in [5.74, 6) is 0. The lowest BCUT2D eigenvalue weighted by Gasteiger charge is -2.29. The summed E-state index contributed by atoms with van der Waals surface area (Å²) in [5, 5.41) is 3.63. The van der Waals surface area contributed by atoms with E-state index in [1.54, 1.807) is 0 Å². The Morgan fingerprint density at radius 1 is 1.20 bits per heavy atom. The highest BCUT2D eigenvalue weighted by Crippen LogP contribution is 2.25. The van der Waals surface area contributed by atoms with E-state index in [0.717, 1.165) is 32.4 Å². The number of hydrogen-bond donors (Lipinski definition) is 1. The van der Waals surface area contributed by atoms with Crippen LogP contribution in [0.4, 0.5) is 0 Å². The van der Waals surface area contributed by atoms with Gasteiger partial charge in [0.2, 0.25) is 0 Å². The van der Waals surface area contributed by atoms with Crippen LogP contribution in [0.3, 0.4) is 0 Å². The first-order chi connectivity index (χ1) is 9.72. The predicted octanol–water partition coefficient (Wildman–Crippen LogP) is 4.49. The smallest absolute Gasteiger partial charge is 0.0980 e. The number of hydrogen-bond acceptors (Lipinski definition) is 2. The van der Waals surface area contributed by atoms with Crippen molar-refractivity contribution in [2.45, 2.75) is 52.2 Å². The van der Waals surface area contributed by atoms with Crippen LogP contribution in [0.5, 0.6) is 0 Å². The summed E-state index contributed by atoms with van der Waals surface area (Å²) in [4.78, 5) is 0. The SMILES string of the molecule is C=C(CC)CC(NCCC)C(OCC)c1ccccc1. The molecule has 0 bridgehead atoms. The van der Waals surface area contributed by atoms with E-state index in [-0.39, 0.29) is 6.10 Å². The van der Waals surface area contributed by atoms with E-state index in [1.807, 2.05) is 6.07 Å². The molecule has 0 aromatic heterocycles. The second kappa shape index (κ2) is 9.73. The fourth-order valence-corrected chi connectivity index (χ4v) is 2.34. The number of benzene rings is 1. The molecule has 0 amide bonds. The standard InChI is InChI=1S/C18H29NO/c1-5-13-19-17(14-15(4)6-2)18(20-7-3)16-11-9-8-10-12-16/h8-12,17-19H,4-7,13-14H2,1-3H3. The Bertz CT molecular complexity index is 374. The minimum Gasteiger partial charge on any atom is -0.372 e. The van der Waals surface area contributed by atoms with Crippen molar-refractivity contribution in [3.05, 3.63) is 48.0 Å². The highest BCUT2D eigenvalue weighted by molar-refractivity contribution is 5.20. The molecular weight excluding hydrogens is 246 g/mol. The van der Waals surface area contributed by atoms with Crippen LogP contribution in [-0.4, -0.2) is 19.2 Å². The van der Waals surface area contributed by atoms with Crippen molar-refractivity contribution < 1.29 is 4.74 Å². The first-order valence-electron chi connectivity index (χ1n) is 7.79. The molecule has 0 saturated heterocycles. The maximum atomic E-state index is 6.03. The minimum atomic E-state index is 0.0936. The fraction of sp³-hybridized carbons (Fsp3) is 0.556. The van der Waals surface area contributed by atoms with Gasteiger partial charge in [-0.2, -0.15) is 0 Å². The number of ether oxygens (including phenoxy) is 1. The number of nitrogens with one attached hydrogen (secondary N) is 1. The average Bonchev–Trinajstić information content (AvgIpc) is 2.50. The van der Waals surface area contributed by atoms with E-state index < -0.39 is 0 Å². The monoisotopic (exact) mass is 275 g/mol. The minimum absolute atomic E-state index is 0.0936. The van der Waals surface area contributed by atoms with Crippen molar-refractivity contribution in [1.82, 2.24) is 5.32 Å². The third-order valence-electron chi connectivity index (χ3n) is 3.50. The van der Waals surface area contributed by atoms with Crippen LogP contribution in [-0.2, 0) is 4.74 Å². The van der Waals surface area contributed by atoms with Gasteiger partial charge in [0.15, 0.2) is 0 Å². The first-order valence-corrected chi connectivity index (χ1v) is 7.79. The van der Waals surface area contributed by atoms with Crippen molar-refractivity contribution in [2.75, 3.05) is 13.2 Å². The zero-order chi connectivity index (χ0) is 14.8. The average molecular weight is 275 g/mol.